The molecular weight excluding hydrogens is 371 g/mol. The largest absolute Gasteiger partial charge is 0.350 e. The number of aryl methyl sites for hydroxylation is 1. The van der Waals surface area contributed by atoms with Gasteiger partial charge in [0.15, 0.2) is 0 Å². The summed E-state index contributed by atoms with van der Waals surface area (Å²) in [6.45, 7) is 7.03. The summed E-state index contributed by atoms with van der Waals surface area (Å²) in [4.78, 5) is 32.6. The maximum atomic E-state index is 14.1. The highest BCUT2D eigenvalue weighted by molar-refractivity contribution is 5.99. The van der Waals surface area contributed by atoms with Crippen molar-refractivity contribution in [1.29, 1.82) is 0 Å². The number of H-pyrrole nitrogens is 1. The summed E-state index contributed by atoms with van der Waals surface area (Å²) in [5, 5.41) is 3.54. The van der Waals surface area contributed by atoms with E-state index in [1.807, 2.05) is 11.8 Å². The SMILES string of the molecule is CCN1CCN([C@H]2CCC[C@@H](NC(=O)c3cc4c(F)ccc(C)c4[nH]3)C2)C(=O)C1. The third kappa shape index (κ3) is 4.01. The summed E-state index contributed by atoms with van der Waals surface area (Å²) in [5.41, 5.74) is 1.95. The van der Waals surface area contributed by atoms with Crippen LogP contribution in [-0.2, 0) is 4.79 Å². The standard InChI is InChI=1S/C22H29FN4O2/c1-3-26-9-10-27(20(28)13-26)16-6-4-5-15(11-16)24-22(29)19-12-17-18(23)8-7-14(2)21(17)25-19/h7-8,12,15-16,25H,3-6,9-11,13H2,1-2H3,(H,24,29)/t15-,16+/m1/s1. The van der Waals surface area contributed by atoms with Crippen LogP contribution in [0.3, 0.4) is 0 Å². The van der Waals surface area contributed by atoms with Crippen LogP contribution in [0.2, 0.25) is 0 Å². The van der Waals surface area contributed by atoms with Crippen LogP contribution in [0.15, 0.2) is 18.2 Å². The highest BCUT2D eigenvalue weighted by atomic mass is 19.1. The molecular formula is C22H29FN4O2. The average molecular weight is 400 g/mol. The Labute approximate surface area is 170 Å². The zero-order chi connectivity index (χ0) is 20.5. The van der Waals surface area contributed by atoms with Crippen molar-refractivity contribution in [3.05, 3.63) is 35.3 Å². The van der Waals surface area contributed by atoms with Gasteiger partial charge in [0.2, 0.25) is 5.91 Å². The molecule has 7 heteroatoms. The van der Waals surface area contributed by atoms with E-state index in [0.717, 1.165) is 50.9 Å². The molecule has 2 heterocycles. The average Bonchev–Trinajstić information content (AvgIpc) is 3.18. The number of fused-ring (bicyclic) bond motifs is 1. The molecule has 1 aliphatic carbocycles. The summed E-state index contributed by atoms with van der Waals surface area (Å²) < 4.78 is 14.1. The summed E-state index contributed by atoms with van der Waals surface area (Å²) in [6, 6.07) is 4.92. The number of piperazine rings is 1. The summed E-state index contributed by atoms with van der Waals surface area (Å²) in [7, 11) is 0. The third-order valence-corrected chi connectivity index (χ3v) is 6.40. The van der Waals surface area contributed by atoms with Gasteiger partial charge in [-0.15, -0.1) is 0 Å². The summed E-state index contributed by atoms with van der Waals surface area (Å²) in [6.07, 6.45) is 3.65. The zero-order valence-corrected chi connectivity index (χ0v) is 17.1. The van der Waals surface area contributed by atoms with Crippen LogP contribution in [0, 0.1) is 12.7 Å². The number of carbonyl (C=O) groups excluding carboxylic acids is 2. The van der Waals surface area contributed by atoms with Gasteiger partial charge < -0.3 is 15.2 Å². The van der Waals surface area contributed by atoms with Gasteiger partial charge in [0.25, 0.3) is 5.91 Å². The Morgan fingerprint density at radius 3 is 2.86 bits per heavy atom. The van der Waals surface area contributed by atoms with Gasteiger partial charge in [0.05, 0.1) is 12.1 Å². The van der Waals surface area contributed by atoms with Gasteiger partial charge in [-0.3, -0.25) is 14.5 Å². The number of amides is 2. The number of carbonyl (C=O) groups is 2. The Hall–Kier alpha value is -2.41. The molecule has 2 aliphatic rings. The molecule has 2 N–H and O–H groups in total. The number of hydrogen-bond acceptors (Lipinski definition) is 3. The molecule has 1 saturated heterocycles. The van der Waals surface area contributed by atoms with E-state index in [2.05, 4.69) is 22.1 Å². The maximum Gasteiger partial charge on any atom is 0.267 e. The van der Waals surface area contributed by atoms with Crippen LogP contribution in [0.1, 0.15) is 48.7 Å². The van der Waals surface area contributed by atoms with E-state index in [9.17, 15) is 14.0 Å². The molecule has 1 saturated carbocycles. The monoisotopic (exact) mass is 400 g/mol. The van der Waals surface area contributed by atoms with Crippen molar-refractivity contribution < 1.29 is 14.0 Å². The molecule has 29 heavy (non-hydrogen) atoms. The lowest BCUT2D eigenvalue weighted by molar-refractivity contribution is -0.139. The molecule has 1 aliphatic heterocycles. The smallest absolute Gasteiger partial charge is 0.267 e. The lowest BCUT2D eigenvalue weighted by atomic mass is 9.89. The highest BCUT2D eigenvalue weighted by Gasteiger charge is 2.33. The van der Waals surface area contributed by atoms with E-state index in [4.69, 9.17) is 0 Å². The van der Waals surface area contributed by atoms with Crippen LogP contribution < -0.4 is 5.32 Å². The Kier molecular flexibility index (Phi) is 5.58. The second kappa shape index (κ2) is 8.14. The number of rotatable bonds is 4. The van der Waals surface area contributed by atoms with Crippen molar-refractivity contribution in [3.63, 3.8) is 0 Å². The first kappa shape index (κ1) is 19.9. The molecule has 1 aromatic heterocycles. The topological polar surface area (TPSA) is 68.4 Å². The molecule has 0 unspecified atom stereocenters. The number of hydrogen-bond donors (Lipinski definition) is 2. The van der Waals surface area contributed by atoms with E-state index in [0.29, 0.717) is 23.1 Å². The predicted molar refractivity (Wildman–Crippen MR) is 110 cm³/mol. The fourth-order valence-electron chi connectivity index (χ4n) is 4.68. The molecule has 156 valence electrons. The second-order valence-corrected chi connectivity index (χ2v) is 8.28. The Morgan fingerprint density at radius 2 is 2.14 bits per heavy atom. The number of aromatic nitrogens is 1. The van der Waals surface area contributed by atoms with Crippen LogP contribution in [-0.4, -0.2) is 64.9 Å². The lowest BCUT2D eigenvalue weighted by Gasteiger charge is -2.42. The van der Waals surface area contributed by atoms with Crippen molar-refractivity contribution in [2.45, 2.75) is 51.6 Å². The minimum atomic E-state index is -0.330. The van der Waals surface area contributed by atoms with Crippen molar-refractivity contribution in [2.24, 2.45) is 0 Å². The third-order valence-electron chi connectivity index (χ3n) is 6.40. The van der Waals surface area contributed by atoms with E-state index >= 15 is 0 Å². The quantitative estimate of drug-likeness (QED) is 0.829. The van der Waals surface area contributed by atoms with Gasteiger partial charge in [0, 0.05) is 30.6 Å². The molecule has 0 spiro atoms. The van der Waals surface area contributed by atoms with Crippen LogP contribution in [0.25, 0.3) is 10.9 Å². The van der Waals surface area contributed by atoms with Crippen LogP contribution >= 0.6 is 0 Å². The van der Waals surface area contributed by atoms with Gasteiger partial charge in [-0.1, -0.05) is 13.0 Å². The van der Waals surface area contributed by atoms with E-state index in [1.54, 1.807) is 12.1 Å². The summed E-state index contributed by atoms with van der Waals surface area (Å²) >= 11 is 0. The first-order valence-corrected chi connectivity index (χ1v) is 10.6. The molecule has 4 rings (SSSR count). The molecule has 6 nitrogen and oxygen atoms in total. The van der Waals surface area contributed by atoms with E-state index < -0.39 is 0 Å². The van der Waals surface area contributed by atoms with Gasteiger partial charge >= 0.3 is 0 Å². The first-order valence-electron chi connectivity index (χ1n) is 10.6. The lowest BCUT2D eigenvalue weighted by Crippen LogP contribution is -2.56. The molecule has 1 aromatic carbocycles. The van der Waals surface area contributed by atoms with E-state index in [1.165, 1.54) is 6.07 Å². The van der Waals surface area contributed by atoms with Gasteiger partial charge in [-0.25, -0.2) is 4.39 Å². The fraction of sp³-hybridized carbons (Fsp3) is 0.545. The molecule has 2 atom stereocenters. The van der Waals surface area contributed by atoms with Gasteiger partial charge in [-0.05, 0) is 56.8 Å². The van der Waals surface area contributed by atoms with Crippen LogP contribution in [0.4, 0.5) is 4.39 Å². The van der Waals surface area contributed by atoms with E-state index in [-0.39, 0.29) is 29.7 Å². The molecule has 0 bridgehead atoms. The van der Waals surface area contributed by atoms with Crippen molar-refractivity contribution in [1.82, 2.24) is 20.1 Å². The Morgan fingerprint density at radius 1 is 1.31 bits per heavy atom. The predicted octanol–water partition coefficient (Wildman–Crippen LogP) is 2.82. The minimum Gasteiger partial charge on any atom is -0.350 e. The zero-order valence-electron chi connectivity index (χ0n) is 17.1. The molecule has 0 radical (unpaired) electrons. The maximum absolute atomic E-state index is 14.1. The number of likely N-dealkylation sites (N-methyl/N-ethyl adjacent to an activating group) is 1. The van der Waals surface area contributed by atoms with Crippen molar-refractivity contribution in [2.75, 3.05) is 26.2 Å². The number of halogens is 1. The number of aromatic amines is 1. The summed E-state index contributed by atoms with van der Waals surface area (Å²) in [5.74, 6) is -0.354. The number of nitrogens with zero attached hydrogens (tertiary/aromatic N) is 2. The normalized spacial score (nSPS) is 23.6. The Balaban J connectivity index is 1.42. The minimum absolute atomic E-state index is 0.0237. The molecule has 2 fully saturated rings. The van der Waals surface area contributed by atoms with Crippen molar-refractivity contribution >= 4 is 22.7 Å². The van der Waals surface area contributed by atoms with Crippen LogP contribution in [0.5, 0.6) is 0 Å². The van der Waals surface area contributed by atoms with Gasteiger partial charge in [-0.2, -0.15) is 0 Å². The highest BCUT2D eigenvalue weighted by Crippen LogP contribution is 2.26. The molecule has 2 aromatic rings. The fourth-order valence-corrected chi connectivity index (χ4v) is 4.68. The Bertz CT molecular complexity index is 886. The first-order chi connectivity index (χ1) is 14.0. The number of benzene rings is 1. The number of nitrogens with one attached hydrogen (secondary N) is 2. The molecule has 2 amide bonds. The van der Waals surface area contributed by atoms with Crippen molar-refractivity contribution in [3.8, 4) is 0 Å². The second-order valence-electron chi connectivity index (χ2n) is 8.28. The van der Waals surface area contributed by atoms with Gasteiger partial charge in [0.1, 0.15) is 11.5 Å².